The molecule has 0 unspecified atom stereocenters. The van der Waals surface area contributed by atoms with E-state index in [-0.39, 0.29) is 11.6 Å². The Kier molecular flexibility index (Phi) is 5.88. The molecule has 4 rings (SSSR count). The van der Waals surface area contributed by atoms with E-state index in [0.29, 0.717) is 0 Å². The predicted octanol–water partition coefficient (Wildman–Crippen LogP) is 4.96. The summed E-state index contributed by atoms with van der Waals surface area (Å²) in [5, 5.41) is 2.36. The molecule has 31 heavy (non-hydrogen) atoms. The Labute approximate surface area is 190 Å². The number of aromatic nitrogens is 1. The van der Waals surface area contributed by atoms with Gasteiger partial charge in [0.05, 0.1) is 0 Å². The predicted molar refractivity (Wildman–Crippen MR) is 123 cm³/mol. The summed E-state index contributed by atoms with van der Waals surface area (Å²) in [6.07, 6.45) is 6.29. The molecular formula is C24H26BrN3O3. The molecule has 1 aliphatic heterocycles. The zero-order valence-corrected chi connectivity index (χ0v) is 19.6. The minimum atomic E-state index is -0.633. The fraction of sp³-hybridized carbons (Fsp3) is 0.375. The number of carbonyl (C=O) groups is 3. The van der Waals surface area contributed by atoms with Crippen molar-refractivity contribution < 1.29 is 14.4 Å². The van der Waals surface area contributed by atoms with Gasteiger partial charge in [-0.25, -0.2) is 4.79 Å². The number of halogens is 1. The molecule has 6 nitrogen and oxygen atoms in total. The van der Waals surface area contributed by atoms with Crippen molar-refractivity contribution in [1.29, 1.82) is 0 Å². The monoisotopic (exact) mass is 483 g/mol. The Morgan fingerprint density at radius 1 is 1.03 bits per heavy atom. The van der Waals surface area contributed by atoms with Crippen LogP contribution in [0.2, 0.25) is 0 Å². The van der Waals surface area contributed by atoms with E-state index in [1.54, 1.807) is 6.08 Å². The van der Waals surface area contributed by atoms with Gasteiger partial charge >= 0.3 is 6.03 Å². The van der Waals surface area contributed by atoms with E-state index in [0.717, 1.165) is 64.8 Å². The number of amides is 4. The molecule has 1 aromatic carbocycles. The number of urea groups is 1. The summed E-state index contributed by atoms with van der Waals surface area (Å²) in [5.41, 5.74) is 4.85. The number of hydrogen-bond acceptors (Lipinski definition) is 3. The van der Waals surface area contributed by atoms with Gasteiger partial charge in [0.25, 0.3) is 11.8 Å². The van der Waals surface area contributed by atoms with Gasteiger partial charge in [-0.15, -0.1) is 0 Å². The molecule has 1 aromatic heterocycles. The van der Waals surface area contributed by atoms with Crippen LogP contribution in [-0.2, 0) is 9.59 Å². The van der Waals surface area contributed by atoms with Crippen LogP contribution in [0.25, 0.3) is 11.8 Å². The second kappa shape index (κ2) is 8.46. The Balaban J connectivity index is 1.71. The normalized spacial score (nSPS) is 19.3. The van der Waals surface area contributed by atoms with Crippen LogP contribution in [0.1, 0.15) is 54.6 Å². The molecule has 4 amide bonds. The van der Waals surface area contributed by atoms with Gasteiger partial charge in [-0.05, 0) is 75.1 Å². The van der Waals surface area contributed by atoms with E-state index in [4.69, 9.17) is 0 Å². The number of hydrogen-bond donors (Lipinski definition) is 1. The fourth-order valence-electron chi connectivity index (χ4n) is 4.60. The standard InChI is InChI=1S/C24H26BrN3O3/c1-14-11-19(9-10-21(14)25)27-15(2)12-17(16(27)3)13-20-22(29)26-24(31)28(23(20)30)18-7-5-4-6-8-18/h9-13,18H,4-8H2,1-3H3,(H,26,29,31)/b20-13+. The molecule has 0 bridgehead atoms. The van der Waals surface area contributed by atoms with Crippen LogP contribution in [0.3, 0.4) is 0 Å². The van der Waals surface area contributed by atoms with E-state index < -0.39 is 17.8 Å². The summed E-state index contributed by atoms with van der Waals surface area (Å²) in [4.78, 5) is 39.4. The van der Waals surface area contributed by atoms with Crippen LogP contribution in [0.5, 0.6) is 0 Å². The lowest BCUT2D eigenvalue weighted by atomic mass is 9.93. The van der Waals surface area contributed by atoms with Gasteiger partial charge in [0, 0.05) is 27.6 Å². The van der Waals surface area contributed by atoms with E-state index in [2.05, 4.69) is 31.9 Å². The van der Waals surface area contributed by atoms with E-state index in [1.165, 1.54) is 4.90 Å². The van der Waals surface area contributed by atoms with E-state index in [1.807, 2.05) is 39.0 Å². The number of aryl methyl sites for hydroxylation is 2. The summed E-state index contributed by atoms with van der Waals surface area (Å²) < 4.78 is 3.14. The molecule has 0 spiro atoms. The number of barbiturate groups is 1. The summed E-state index contributed by atoms with van der Waals surface area (Å²) in [7, 11) is 0. The highest BCUT2D eigenvalue weighted by molar-refractivity contribution is 9.10. The molecule has 7 heteroatoms. The van der Waals surface area contributed by atoms with Crippen LogP contribution in [0.4, 0.5) is 4.79 Å². The van der Waals surface area contributed by atoms with Gasteiger partial charge in [0.2, 0.25) is 0 Å². The van der Waals surface area contributed by atoms with Gasteiger partial charge in [-0.2, -0.15) is 0 Å². The molecule has 1 aliphatic carbocycles. The first-order chi connectivity index (χ1) is 14.8. The molecule has 1 N–H and O–H groups in total. The Morgan fingerprint density at radius 2 is 1.74 bits per heavy atom. The van der Waals surface area contributed by atoms with Gasteiger partial charge in [0.15, 0.2) is 0 Å². The number of rotatable bonds is 3. The molecular weight excluding hydrogens is 458 g/mol. The quantitative estimate of drug-likeness (QED) is 0.495. The lowest BCUT2D eigenvalue weighted by molar-refractivity contribution is -0.132. The maximum absolute atomic E-state index is 13.2. The van der Waals surface area contributed by atoms with Crippen molar-refractivity contribution in [2.75, 3.05) is 0 Å². The van der Waals surface area contributed by atoms with Crippen molar-refractivity contribution in [3.8, 4) is 5.69 Å². The average molecular weight is 484 g/mol. The summed E-state index contributed by atoms with van der Waals surface area (Å²) in [6.45, 7) is 5.99. The van der Waals surface area contributed by atoms with Crippen molar-refractivity contribution in [1.82, 2.24) is 14.8 Å². The molecule has 0 radical (unpaired) electrons. The zero-order valence-electron chi connectivity index (χ0n) is 18.0. The smallest absolute Gasteiger partial charge is 0.318 e. The molecule has 2 aliphatic rings. The van der Waals surface area contributed by atoms with Gasteiger partial charge in [0.1, 0.15) is 5.57 Å². The minimum Gasteiger partial charge on any atom is -0.318 e. The van der Waals surface area contributed by atoms with Crippen LogP contribution >= 0.6 is 15.9 Å². The SMILES string of the molecule is Cc1cc(-n2c(C)cc(/C=C3\C(=O)NC(=O)N(C4CCCCC4)C3=O)c2C)ccc1Br. The highest BCUT2D eigenvalue weighted by atomic mass is 79.9. The van der Waals surface area contributed by atoms with Gasteiger partial charge in [-0.3, -0.25) is 19.8 Å². The Bertz CT molecular complexity index is 1110. The van der Waals surface area contributed by atoms with E-state index >= 15 is 0 Å². The highest BCUT2D eigenvalue weighted by Gasteiger charge is 2.40. The maximum atomic E-state index is 13.2. The van der Waals surface area contributed by atoms with Gasteiger partial charge in [-0.1, -0.05) is 35.2 Å². The second-order valence-electron chi connectivity index (χ2n) is 8.38. The number of nitrogens with zero attached hydrogens (tertiary/aromatic N) is 2. The van der Waals surface area contributed by atoms with Crippen molar-refractivity contribution in [3.05, 3.63) is 56.8 Å². The lowest BCUT2D eigenvalue weighted by Gasteiger charge is -2.35. The third-order valence-corrected chi connectivity index (χ3v) is 7.13. The van der Waals surface area contributed by atoms with E-state index in [9.17, 15) is 14.4 Å². The number of benzene rings is 1. The molecule has 2 heterocycles. The summed E-state index contributed by atoms with van der Waals surface area (Å²) in [5.74, 6) is -1.13. The maximum Gasteiger partial charge on any atom is 0.331 e. The molecule has 1 saturated heterocycles. The number of nitrogens with one attached hydrogen (secondary N) is 1. The van der Waals surface area contributed by atoms with Crippen LogP contribution < -0.4 is 5.32 Å². The topological polar surface area (TPSA) is 71.4 Å². The van der Waals surface area contributed by atoms with Gasteiger partial charge < -0.3 is 4.57 Å². The molecule has 2 fully saturated rings. The third-order valence-electron chi connectivity index (χ3n) is 6.24. The molecule has 162 valence electrons. The second-order valence-corrected chi connectivity index (χ2v) is 9.23. The Hall–Kier alpha value is -2.67. The number of carbonyl (C=O) groups excluding carboxylic acids is 3. The average Bonchev–Trinajstić information content (AvgIpc) is 3.01. The van der Waals surface area contributed by atoms with Crippen molar-refractivity contribution in [2.24, 2.45) is 0 Å². The molecule has 0 atom stereocenters. The molecule has 2 aromatic rings. The first-order valence-corrected chi connectivity index (χ1v) is 11.4. The lowest BCUT2D eigenvalue weighted by Crippen LogP contribution is -2.58. The number of imide groups is 2. The zero-order chi connectivity index (χ0) is 22.3. The summed E-state index contributed by atoms with van der Waals surface area (Å²) in [6, 6.07) is 7.33. The first kappa shape index (κ1) is 21.6. The minimum absolute atomic E-state index is 0.0115. The van der Waals surface area contributed by atoms with Crippen molar-refractivity contribution in [3.63, 3.8) is 0 Å². The van der Waals surface area contributed by atoms with Crippen LogP contribution in [0, 0.1) is 20.8 Å². The largest absolute Gasteiger partial charge is 0.331 e. The Morgan fingerprint density at radius 3 is 2.42 bits per heavy atom. The summed E-state index contributed by atoms with van der Waals surface area (Å²) >= 11 is 3.53. The highest BCUT2D eigenvalue weighted by Crippen LogP contribution is 2.29. The van der Waals surface area contributed by atoms with Crippen molar-refractivity contribution in [2.45, 2.75) is 58.9 Å². The molecule has 1 saturated carbocycles. The first-order valence-electron chi connectivity index (χ1n) is 10.6. The fourth-order valence-corrected chi connectivity index (χ4v) is 4.84. The third kappa shape index (κ3) is 3.99. The van der Waals surface area contributed by atoms with Crippen LogP contribution in [0.15, 0.2) is 34.3 Å². The van der Waals surface area contributed by atoms with Crippen molar-refractivity contribution >= 4 is 39.9 Å². The van der Waals surface area contributed by atoms with Crippen LogP contribution in [-0.4, -0.2) is 33.4 Å².